The number of carbonyl (C=O) groups excluding carboxylic acids is 1. The molecule has 1 aromatic heterocycles. The van der Waals surface area contributed by atoms with E-state index in [-0.39, 0.29) is 22.3 Å². The highest BCUT2D eigenvalue weighted by atomic mass is 32.2. The van der Waals surface area contributed by atoms with Gasteiger partial charge in [-0.25, -0.2) is 13.2 Å². The van der Waals surface area contributed by atoms with E-state index in [4.69, 9.17) is 0 Å². The van der Waals surface area contributed by atoms with Crippen molar-refractivity contribution < 1.29 is 23.1 Å². The number of rotatable bonds is 4. The highest BCUT2D eigenvalue weighted by Crippen LogP contribution is 2.32. The van der Waals surface area contributed by atoms with Crippen LogP contribution >= 0.6 is 0 Å². The molecule has 3 aliphatic rings. The molecule has 5 rings (SSSR count). The van der Waals surface area contributed by atoms with Gasteiger partial charge in [0.05, 0.1) is 16.0 Å². The van der Waals surface area contributed by atoms with Gasteiger partial charge in [-0.05, 0) is 75.1 Å². The largest absolute Gasteiger partial charge is 0.478 e. The number of benzene rings is 1. The molecule has 0 bridgehead atoms. The number of likely N-dealkylation sites (tertiary alicyclic amines) is 1. The third kappa shape index (κ3) is 4.68. The van der Waals surface area contributed by atoms with E-state index in [9.17, 15) is 23.1 Å². The van der Waals surface area contributed by atoms with E-state index in [1.54, 1.807) is 6.07 Å². The minimum atomic E-state index is -3.81. The second-order valence-electron chi connectivity index (χ2n) is 10.0. The van der Waals surface area contributed by atoms with Crippen molar-refractivity contribution in [2.75, 3.05) is 26.2 Å². The van der Waals surface area contributed by atoms with Crippen LogP contribution in [0.2, 0.25) is 0 Å². The van der Waals surface area contributed by atoms with Gasteiger partial charge >= 0.3 is 5.97 Å². The van der Waals surface area contributed by atoms with Gasteiger partial charge in [0.1, 0.15) is 0 Å². The minimum Gasteiger partial charge on any atom is -0.478 e. The Bertz CT molecular complexity index is 1240. The molecule has 188 valence electrons. The number of amides is 1. The number of hydrogen-bond donors (Lipinski definition) is 1. The zero-order valence-corrected chi connectivity index (χ0v) is 20.9. The molecule has 2 aliphatic heterocycles. The summed E-state index contributed by atoms with van der Waals surface area (Å²) in [6.07, 6.45) is 8.70. The third-order valence-corrected chi connectivity index (χ3v) is 9.70. The maximum absolute atomic E-state index is 13.5. The van der Waals surface area contributed by atoms with E-state index in [0.29, 0.717) is 43.3 Å². The third-order valence-electron chi connectivity index (χ3n) is 7.81. The van der Waals surface area contributed by atoms with Crippen LogP contribution in [0.3, 0.4) is 0 Å². The highest BCUT2D eigenvalue weighted by Gasteiger charge is 2.34. The van der Waals surface area contributed by atoms with Gasteiger partial charge in [-0.1, -0.05) is 12.8 Å². The number of carboxylic acid groups (broad SMARTS) is 1. The highest BCUT2D eigenvalue weighted by molar-refractivity contribution is 7.89. The number of aromatic carboxylic acids is 1. The van der Waals surface area contributed by atoms with Crippen LogP contribution in [0.1, 0.15) is 73.0 Å². The molecule has 1 aromatic carbocycles. The molecule has 2 saturated heterocycles. The summed E-state index contributed by atoms with van der Waals surface area (Å²) in [7, 11) is -3.81. The second-order valence-corrected chi connectivity index (χ2v) is 12.0. The van der Waals surface area contributed by atoms with Gasteiger partial charge in [-0.15, -0.1) is 0 Å². The van der Waals surface area contributed by atoms with Crippen LogP contribution in [0, 0.1) is 5.92 Å². The standard InChI is InChI=1S/C26H33N3O5S/c30-25(28-13-5-1-2-6-14-28)18-11-15-29(16-12-18)35(33,34)19-9-10-23-21(17-19)24(26(31)32)20-7-3-4-8-22(20)27-23/h9-10,17-18H,1-8,11-16H2,(H,31,32). The first-order valence-electron chi connectivity index (χ1n) is 12.8. The summed E-state index contributed by atoms with van der Waals surface area (Å²) in [5, 5.41) is 10.3. The first-order chi connectivity index (χ1) is 16.9. The normalized spacial score (nSPS) is 20.4. The molecule has 1 aliphatic carbocycles. The van der Waals surface area contributed by atoms with E-state index < -0.39 is 16.0 Å². The maximum Gasteiger partial charge on any atom is 0.336 e. The van der Waals surface area contributed by atoms with Gasteiger partial charge in [0.2, 0.25) is 15.9 Å². The molecule has 2 fully saturated rings. The first kappa shape index (κ1) is 24.2. The lowest BCUT2D eigenvalue weighted by molar-refractivity contribution is -0.136. The van der Waals surface area contributed by atoms with Crippen LogP contribution in [0.25, 0.3) is 10.9 Å². The number of aromatic nitrogens is 1. The molecule has 0 spiro atoms. The molecular weight excluding hydrogens is 466 g/mol. The van der Waals surface area contributed by atoms with Crippen LogP contribution in [0.15, 0.2) is 23.1 Å². The Hall–Kier alpha value is -2.52. The summed E-state index contributed by atoms with van der Waals surface area (Å²) < 4.78 is 28.4. The molecule has 35 heavy (non-hydrogen) atoms. The Morgan fingerprint density at radius 3 is 2.29 bits per heavy atom. The van der Waals surface area contributed by atoms with Crippen LogP contribution in [-0.2, 0) is 27.7 Å². The lowest BCUT2D eigenvalue weighted by atomic mass is 9.90. The van der Waals surface area contributed by atoms with Crippen molar-refractivity contribution in [1.82, 2.24) is 14.2 Å². The fraction of sp³-hybridized carbons (Fsp3) is 0.577. The molecule has 1 amide bonds. The van der Waals surface area contributed by atoms with Crippen LogP contribution in [0.4, 0.5) is 0 Å². The zero-order valence-electron chi connectivity index (χ0n) is 20.0. The SMILES string of the molecule is O=C(O)c1c2c(nc3ccc(S(=O)(=O)N4CCC(C(=O)N5CCCCCC5)CC4)cc13)CCCC2. The number of hydrogen-bond acceptors (Lipinski definition) is 5. The lowest BCUT2D eigenvalue weighted by Gasteiger charge is -2.33. The fourth-order valence-electron chi connectivity index (χ4n) is 5.85. The van der Waals surface area contributed by atoms with Gasteiger partial charge < -0.3 is 10.0 Å². The Morgan fingerprint density at radius 2 is 1.60 bits per heavy atom. The molecule has 0 atom stereocenters. The average Bonchev–Trinajstić information content (AvgIpc) is 3.16. The predicted molar refractivity (Wildman–Crippen MR) is 132 cm³/mol. The van der Waals surface area contributed by atoms with Crippen molar-refractivity contribution in [3.63, 3.8) is 0 Å². The van der Waals surface area contributed by atoms with Gasteiger partial charge in [0.15, 0.2) is 0 Å². The Balaban J connectivity index is 1.37. The quantitative estimate of drug-likeness (QED) is 0.689. The smallest absolute Gasteiger partial charge is 0.336 e. The summed E-state index contributed by atoms with van der Waals surface area (Å²) in [5.41, 5.74) is 2.25. The van der Waals surface area contributed by atoms with Crippen molar-refractivity contribution in [2.45, 2.75) is 69.1 Å². The topological polar surface area (TPSA) is 108 Å². The van der Waals surface area contributed by atoms with E-state index in [2.05, 4.69) is 4.98 Å². The van der Waals surface area contributed by atoms with Crippen molar-refractivity contribution in [1.29, 1.82) is 0 Å². The van der Waals surface area contributed by atoms with Crippen molar-refractivity contribution in [3.8, 4) is 0 Å². The molecule has 8 nitrogen and oxygen atoms in total. The number of piperidine rings is 1. The molecule has 3 heterocycles. The molecule has 9 heteroatoms. The summed E-state index contributed by atoms with van der Waals surface area (Å²) in [5.74, 6) is -1.01. The second kappa shape index (κ2) is 9.85. The minimum absolute atomic E-state index is 0.0855. The summed E-state index contributed by atoms with van der Waals surface area (Å²) in [6, 6.07) is 4.63. The number of carbonyl (C=O) groups is 2. The Labute approximate surface area is 206 Å². The van der Waals surface area contributed by atoms with Crippen molar-refractivity contribution in [2.24, 2.45) is 5.92 Å². The van der Waals surface area contributed by atoms with Crippen LogP contribution in [0.5, 0.6) is 0 Å². The number of fused-ring (bicyclic) bond motifs is 2. The van der Waals surface area contributed by atoms with Crippen LogP contribution < -0.4 is 0 Å². The molecule has 2 aromatic rings. The zero-order chi connectivity index (χ0) is 24.6. The molecular formula is C26H33N3O5S. The summed E-state index contributed by atoms with van der Waals surface area (Å²) >= 11 is 0. The molecule has 1 N–H and O–H groups in total. The molecule has 0 unspecified atom stereocenters. The van der Waals surface area contributed by atoms with E-state index in [0.717, 1.165) is 69.3 Å². The van der Waals surface area contributed by atoms with Gasteiger partial charge in [-0.3, -0.25) is 9.78 Å². The van der Waals surface area contributed by atoms with Crippen LogP contribution in [-0.4, -0.2) is 65.8 Å². The molecule has 0 radical (unpaired) electrons. The van der Waals surface area contributed by atoms with E-state index >= 15 is 0 Å². The number of carboxylic acids is 1. The average molecular weight is 500 g/mol. The van der Waals surface area contributed by atoms with Gasteiger partial charge in [0.25, 0.3) is 0 Å². The van der Waals surface area contributed by atoms with Gasteiger partial charge in [-0.2, -0.15) is 4.31 Å². The number of nitrogens with zero attached hydrogens (tertiary/aromatic N) is 3. The van der Waals surface area contributed by atoms with E-state index in [1.807, 2.05) is 4.90 Å². The Morgan fingerprint density at radius 1 is 0.914 bits per heavy atom. The van der Waals surface area contributed by atoms with Crippen molar-refractivity contribution >= 4 is 32.8 Å². The maximum atomic E-state index is 13.5. The number of sulfonamides is 1. The van der Waals surface area contributed by atoms with Crippen molar-refractivity contribution in [3.05, 3.63) is 35.0 Å². The fourth-order valence-corrected chi connectivity index (χ4v) is 7.35. The first-order valence-corrected chi connectivity index (χ1v) is 14.3. The van der Waals surface area contributed by atoms with Gasteiger partial charge in [0, 0.05) is 43.2 Å². The number of pyridine rings is 1. The number of aryl methyl sites for hydroxylation is 1. The Kier molecular flexibility index (Phi) is 6.81. The lowest BCUT2D eigenvalue weighted by Crippen LogP contribution is -2.44. The predicted octanol–water partition coefficient (Wildman–Crippen LogP) is 3.62. The summed E-state index contributed by atoms with van der Waals surface area (Å²) in [6.45, 7) is 2.19. The summed E-state index contributed by atoms with van der Waals surface area (Å²) in [4.78, 5) is 31.9. The molecule has 0 saturated carbocycles. The monoisotopic (exact) mass is 499 g/mol. The van der Waals surface area contributed by atoms with E-state index in [1.165, 1.54) is 16.4 Å².